The Labute approximate surface area is 188 Å². The van der Waals surface area contributed by atoms with E-state index in [1.807, 2.05) is 75.4 Å². The molecule has 0 saturated heterocycles. The molecule has 1 unspecified atom stereocenters. The van der Waals surface area contributed by atoms with Crippen molar-refractivity contribution >= 4 is 11.8 Å². The van der Waals surface area contributed by atoms with Gasteiger partial charge in [-0.25, -0.2) is 4.79 Å². The molecule has 0 fully saturated rings. The molecule has 0 aliphatic carbocycles. The predicted molar refractivity (Wildman–Crippen MR) is 123 cm³/mol. The molecule has 6 heteroatoms. The lowest BCUT2D eigenvalue weighted by Crippen LogP contribution is -2.20. The molecular formula is C26H29NO5. The third-order valence-corrected chi connectivity index (χ3v) is 5.32. The number of para-hydroxylation sites is 1. The molecule has 6 nitrogen and oxygen atoms in total. The Bertz CT molecular complexity index is 1070. The van der Waals surface area contributed by atoms with Crippen LogP contribution in [0.4, 0.5) is 0 Å². The van der Waals surface area contributed by atoms with Crippen molar-refractivity contribution in [1.82, 2.24) is 4.57 Å². The summed E-state index contributed by atoms with van der Waals surface area (Å²) in [6.45, 7) is 5.80. The van der Waals surface area contributed by atoms with Gasteiger partial charge in [-0.1, -0.05) is 48.5 Å². The van der Waals surface area contributed by atoms with Crippen molar-refractivity contribution in [3.8, 4) is 16.9 Å². The molecule has 0 spiro atoms. The first-order valence-electron chi connectivity index (χ1n) is 10.6. The van der Waals surface area contributed by atoms with Gasteiger partial charge < -0.3 is 18.8 Å². The minimum atomic E-state index is -0.595. The first-order chi connectivity index (χ1) is 15.4. The van der Waals surface area contributed by atoms with Crippen molar-refractivity contribution in [3.05, 3.63) is 77.6 Å². The Morgan fingerprint density at radius 1 is 0.969 bits per heavy atom. The molecule has 0 saturated carbocycles. The summed E-state index contributed by atoms with van der Waals surface area (Å²) in [5.74, 6) is -0.257. The van der Waals surface area contributed by atoms with Crippen LogP contribution in [-0.2, 0) is 14.3 Å². The van der Waals surface area contributed by atoms with Crippen molar-refractivity contribution in [3.63, 3.8) is 0 Å². The molecule has 0 radical (unpaired) electrons. The highest BCUT2D eigenvalue weighted by Gasteiger charge is 2.20. The van der Waals surface area contributed by atoms with E-state index in [-0.39, 0.29) is 25.0 Å². The van der Waals surface area contributed by atoms with Crippen molar-refractivity contribution < 1.29 is 23.8 Å². The number of benzene rings is 2. The maximum atomic E-state index is 12.7. The standard InChI is InChI=1S/C26H29NO5/c1-18-14-23(20(3)27(18)19(2)15-30-4)24(28)16-32-26(29)17-31-25-13-9-8-12-22(25)21-10-6-5-7-11-21/h5-14,19H,15-17H2,1-4H3. The van der Waals surface area contributed by atoms with Gasteiger partial charge in [0.05, 0.1) is 12.6 Å². The molecular weight excluding hydrogens is 406 g/mol. The number of esters is 1. The highest BCUT2D eigenvalue weighted by atomic mass is 16.6. The minimum Gasteiger partial charge on any atom is -0.481 e. The highest BCUT2D eigenvalue weighted by Crippen LogP contribution is 2.29. The van der Waals surface area contributed by atoms with Gasteiger partial charge in [-0.3, -0.25) is 4.79 Å². The number of aromatic nitrogens is 1. The van der Waals surface area contributed by atoms with E-state index in [0.29, 0.717) is 17.9 Å². The zero-order chi connectivity index (χ0) is 23.1. The quantitative estimate of drug-likeness (QED) is 0.339. The lowest BCUT2D eigenvalue weighted by atomic mass is 10.1. The molecule has 0 N–H and O–H groups in total. The number of hydrogen-bond donors (Lipinski definition) is 0. The maximum absolute atomic E-state index is 12.7. The molecule has 32 heavy (non-hydrogen) atoms. The van der Waals surface area contributed by atoms with Gasteiger partial charge in [0, 0.05) is 29.6 Å². The summed E-state index contributed by atoms with van der Waals surface area (Å²) in [6, 6.07) is 19.2. The fourth-order valence-corrected chi connectivity index (χ4v) is 3.90. The average molecular weight is 436 g/mol. The Kier molecular flexibility index (Phi) is 7.84. The molecule has 1 heterocycles. The van der Waals surface area contributed by atoms with Crippen LogP contribution in [0.1, 0.15) is 34.7 Å². The smallest absolute Gasteiger partial charge is 0.344 e. The monoisotopic (exact) mass is 435 g/mol. The highest BCUT2D eigenvalue weighted by molar-refractivity contribution is 5.99. The number of hydrogen-bond acceptors (Lipinski definition) is 5. The number of ether oxygens (including phenoxy) is 3. The summed E-state index contributed by atoms with van der Waals surface area (Å²) >= 11 is 0. The third-order valence-electron chi connectivity index (χ3n) is 5.32. The van der Waals surface area contributed by atoms with Crippen LogP contribution >= 0.6 is 0 Å². The van der Waals surface area contributed by atoms with Gasteiger partial charge in [0.2, 0.25) is 5.78 Å². The number of methoxy groups -OCH3 is 1. The van der Waals surface area contributed by atoms with Crippen LogP contribution in [0.2, 0.25) is 0 Å². The summed E-state index contributed by atoms with van der Waals surface area (Å²) in [5, 5.41) is 0. The number of nitrogens with zero attached hydrogens (tertiary/aromatic N) is 1. The minimum absolute atomic E-state index is 0.0992. The van der Waals surface area contributed by atoms with Gasteiger partial charge >= 0.3 is 5.97 Å². The van der Waals surface area contributed by atoms with E-state index in [4.69, 9.17) is 14.2 Å². The molecule has 1 atom stereocenters. The Hall–Kier alpha value is -3.38. The lowest BCUT2D eigenvalue weighted by Gasteiger charge is -2.17. The van der Waals surface area contributed by atoms with Gasteiger partial charge in [-0.15, -0.1) is 0 Å². The Morgan fingerprint density at radius 2 is 1.66 bits per heavy atom. The molecule has 1 aromatic heterocycles. The Morgan fingerprint density at radius 3 is 2.38 bits per heavy atom. The van der Waals surface area contributed by atoms with Crippen LogP contribution in [0.5, 0.6) is 5.75 Å². The molecule has 3 rings (SSSR count). The second-order valence-corrected chi connectivity index (χ2v) is 7.69. The van der Waals surface area contributed by atoms with E-state index in [0.717, 1.165) is 22.5 Å². The van der Waals surface area contributed by atoms with Gasteiger partial charge in [0.1, 0.15) is 5.75 Å². The van der Waals surface area contributed by atoms with E-state index in [1.54, 1.807) is 13.2 Å². The van der Waals surface area contributed by atoms with E-state index in [2.05, 4.69) is 4.57 Å². The van der Waals surface area contributed by atoms with Crippen LogP contribution < -0.4 is 4.74 Å². The fourth-order valence-electron chi connectivity index (χ4n) is 3.90. The number of aryl methyl sites for hydroxylation is 1. The fraction of sp³-hybridized carbons (Fsp3) is 0.308. The second-order valence-electron chi connectivity index (χ2n) is 7.69. The van der Waals surface area contributed by atoms with Gasteiger partial charge in [-0.2, -0.15) is 0 Å². The molecule has 2 aromatic carbocycles. The number of carbonyl (C=O) groups excluding carboxylic acids is 2. The molecule has 0 amide bonds. The average Bonchev–Trinajstić information content (AvgIpc) is 3.11. The van der Waals surface area contributed by atoms with E-state index < -0.39 is 5.97 Å². The SMILES string of the molecule is COCC(C)n1c(C)cc(C(=O)COC(=O)COc2ccccc2-c2ccccc2)c1C. The summed E-state index contributed by atoms with van der Waals surface area (Å²) in [6.07, 6.45) is 0. The predicted octanol–water partition coefficient (Wildman–Crippen LogP) is 4.78. The summed E-state index contributed by atoms with van der Waals surface area (Å²) in [7, 11) is 1.65. The molecule has 0 bridgehead atoms. The summed E-state index contributed by atoms with van der Waals surface area (Å²) < 4.78 is 18.2. The van der Waals surface area contributed by atoms with Crippen molar-refractivity contribution in [2.45, 2.75) is 26.8 Å². The second kappa shape index (κ2) is 10.8. The van der Waals surface area contributed by atoms with Gasteiger partial charge in [0.25, 0.3) is 0 Å². The number of carbonyl (C=O) groups is 2. The van der Waals surface area contributed by atoms with Crippen molar-refractivity contribution in [1.29, 1.82) is 0 Å². The first-order valence-corrected chi connectivity index (χ1v) is 10.6. The lowest BCUT2D eigenvalue weighted by molar-refractivity contribution is -0.144. The van der Waals surface area contributed by atoms with Crippen molar-refractivity contribution in [2.75, 3.05) is 26.9 Å². The number of Topliss-reactive ketones (excluding diaryl/α,β-unsaturated/α-hetero) is 1. The largest absolute Gasteiger partial charge is 0.481 e. The maximum Gasteiger partial charge on any atom is 0.344 e. The van der Waals surface area contributed by atoms with E-state index in [9.17, 15) is 9.59 Å². The van der Waals surface area contributed by atoms with Gasteiger partial charge in [0.15, 0.2) is 13.2 Å². The summed E-state index contributed by atoms with van der Waals surface area (Å²) in [5.41, 5.74) is 4.22. The molecule has 0 aliphatic heterocycles. The van der Waals surface area contributed by atoms with Crippen LogP contribution in [0, 0.1) is 13.8 Å². The molecule has 3 aromatic rings. The summed E-state index contributed by atoms with van der Waals surface area (Å²) in [4.78, 5) is 24.9. The van der Waals surface area contributed by atoms with Crippen LogP contribution in [0.25, 0.3) is 11.1 Å². The zero-order valence-corrected chi connectivity index (χ0v) is 19.0. The topological polar surface area (TPSA) is 66.8 Å². The van der Waals surface area contributed by atoms with Crippen molar-refractivity contribution in [2.24, 2.45) is 0 Å². The van der Waals surface area contributed by atoms with E-state index >= 15 is 0 Å². The molecule has 168 valence electrons. The van der Waals surface area contributed by atoms with E-state index in [1.165, 1.54) is 0 Å². The van der Waals surface area contributed by atoms with Crippen LogP contribution in [-0.4, -0.2) is 43.3 Å². The molecule has 0 aliphatic rings. The number of rotatable bonds is 10. The zero-order valence-electron chi connectivity index (χ0n) is 19.0. The van der Waals surface area contributed by atoms with Gasteiger partial charge in [-0.05, 0) is 38.5 Å². The normalized spacial score (nSPS) is 11.8. The number of ketones is 1. The first kappa shape index (κ1) is 23.3. The van der Waals surface area contributed by atoms with Crippen LogP contribution in [0.15, 0.2) is 60.7 Å². The third kappa shape index (κ3) is 5.45. The van der Waals surface area contributed by atoms with Crippen LogP contribution in [0.3, 0.4) is 0 Å². The Balaban J connectivity index is 1.59.